The molecular formula is C27H21Cl2N3O4. The van der Waals surface area contributed by atoms with Crippen LogP contribution in [-0.2, 0) is 16.0 Å². The molecule has 7 nitrogen and oxygen atoms in total. The monoisotopic (exact) mass is 521 g/mol. The van der Waals surface area contributed by atoms with Gasteiger partial charge in [0.2, 0.25) is 0 Å². The van der Waals surface area contributed by atoms with Crippen molar-refractivity contribution >= 4 is 51.6 Å². The number of methoxy groups -OCH3 is 1. The first-order valence-electron chi connectivity index (χ1n) is 11.2. The molecule has 1 amide bonds. The normalized spacial score (nSPS) is 17.2. The third-order valence-electron chi connectivity index (χ3n) is 6.29. The van der Waals surface area contributed by atoms with E-state index in [2.05, 4.69) is 9.97 Å². The summed E-state index contributed by atoms with van der Waals surface area (Å²) in [5.41, 5.74) is 2.51. The van der Waals surface area contributed by atoms with Gasteiger partial charge in [0.05, 0.1) is 23.4 Å². The minimum atomic E-state index is -0.877. The van der Waals surface area contributed by atoms with Gasteiger partial charge in [0.1, 0.15) is 17.6 Å². The highest BCUT2D eigenvalue weighted by Gasteiger charge is 2.46. The zero-order chi connectivity index (χ0) is 25.4. The average Bonchev–Trinajstić information content (AvgIpc) is 3.40. The summed E-state index contributed by atoms with van der Waals surface area (Å²) < 4.78 is 5.35. The van der Waals surface area contributed by atoms with Crippen LogP contribution in [0.1, 0.15) is 22.9 Å². The number of amides is 1. The number of carbonyl (C=O) groups is 2. The van der Waals surface area contributed by atoms with Gasteiger partial charge in [-0.05, 0) is 60.5 Å². The number of rotatable bonds is 6. The number of ether oxygens (including phenoxy) is 1. The van der Waals surface area contributed by atoms with Gasteiger partial charge in [0, 0.05) is 40.4 Å². The Morgan fingerprint density at radius 3 is 2.69 bits per heavy atom. The zero-order valence-corrected chi connectivity index (χ0v) is 20.7. The Labute approximate surface area is 216 Å². The van der Waals surface area contributed by atoms with Crippen LogP contribution in [0.5, 0.6) is 5.75 Å². The van der Waals surface area contributed by atoms with Gasteiger partial charge in [-0.3, -0.25) is 14.6 Å². The van der Waals surface area contributed by atoms with Crippen LogP contribution in [0.4, 0.5) is 0 Å². The van der Waals surface area contributed by atoms with E-state index in [1.807, 2.05) is 24.4 Å². The number of aromatic amines is 1. The first kappa shape index (κ1) is 23.9. The number of carbonyl (C=O) groups excluding carboxylic acids is 2. The minimum absolute atomic E-state index is 0.0662. The van der Waals surface area contributed by atoms with E-state index in [9.17, 15) is 14.7 Å². The van der Waals surface area contributed by atoms with Crippen molar-refractivity contribution in [1.29, 1.82) is 0 Å². The summed E-state index contributed by atoms with van der Waals surface area (Å²) in [6.07, 6.45) is 3.92. The van der Waals surface area contributed by atoms with Crippen molar-refractivity contribution in [1.82, 2.24) is 14.9 Å². The van der Waals surface area contributed by atoms with Crippen LogP contribution in [0.15, 0.2) is 72.6 Å². The third kappa shape index (κ3) is 4.21. The number of aliphatic hydroxyl groups excluding tert-OH is 1. The zero-order valence-electron chi connectivity index (χ0n) is 19.2. The van der Waals surface area contributed by atoms with Gasteiger partial charge < -0.3 is 19.7 Å². The molecule has 4 aromatic rings. The minimum Gasteiger partial charge on any atom is -0.507 e. The number of H-pyrrole nitrogens is 1. The van der Waals surface area contributed by atoms with Crippen LogP contribution in [0.3, 0.4) is 0 Å². The van der Waals surface area contributed by atoms with Crippen LogP contribution in [0.2, 0.25) is 10.0 Å². The summed E-state index contributed by atoms with van der Waals surface area (Å²) in [6.45, 7) is 0.223. The van der Waals surface area contributed by atoms with Gasteiger partial charge in [0.15, 0.2) is 0 Å². The summed E-state index contributed by atoms with van der Waals surface area (Å²) in [7, 11) is 1.60. The van der Waals surface area contributed by atoms with Crippen molar-refractivity contribution in [3.63, 3.8) is 0 Å². The third-order valence-corrected chi connectivity index (χ3v) is 6.84. The number of pyridine rings is 1. The second-order valence-electron chi connectivity index (χ2n) is 8.35. The predicted octanol–water partition coefficient (Wildman–Crippen LogP) is 5.54. The molecule has 2 aromatic heterocycles. The standard InChI is InChI=1S/C27H21Cl2N3O4/c1-36-17-6-8-21-19(13-17)15(14-31-21)9-11-32-24(22-4-2-3-10-30-22)23(26(34)27(32)35)25(33)18-7-5-16(28)12-20(18)29/h2-8,10,12-14,24,31,33H,9,11H2,1H3/t24-/m0/s1. The first-order chi connectivity index (χ1) is 17.4. The maximum Gasteiger partial charge on any atom is 0.295 e. The molecule has 1 aliphatic heterocycles. The van der Waals surface area contributed by atoms with E-state index < -0.39 is 17.7 Å². The molecule has 36 heavy (non-hydrogen) atoms. The summed E-state index contributed by atoms with van der Waals surface area (Å²) in [5, 5.41) is 12.7. The van der Waals surface area contributed by atoms with E-state index in [4.69, 9.17) is 27.9 Å². The SMILES string of the molecule is COc1ccc2[nH]cc(CCN3C(=O)C(=O)C(=C(O)c4ccc(Cl)cc4Cl)[C@@H]3c3ccccn3)c2c1. The highest BCUT2D eigenvalue weighted by molar-refractivity contribution is 6.47. The van der Waals surface area contributed by atoms with Crippen molar-refractivity contribution in [2.45, 2.75) is 12.5 Å². The number of Topliss-reactive ketones (excluding diaryl/α,β-unsaturated/α-hetero) is 1. The molecule has 0 saturated carbocycles. The number of hydrogen-bond donors (Lipinski definition) is 2. The smallest absolute Gasteiger partial charge is 0.295 e. The molecule has 1 fully saturated rings. The molecule has 0 spiro atoms. The first-order valence-corrected chi connectivity index (χ1v) is 11.9. The molecule has 9 heteroatoms. The molecular weight excluding hydrogens is 501 g/mol. The molecule has 0 aliphatic carbocycles. The summed E-state index contributed by atoms with van der Waals surface area (Å²) in [4.78, 5) is 35.5. The number of benzene rings is 2. The topological polar surface area (TPSA) is 95.5 Å². The van der Waals surface area contributed by atoms with E-state index in [-0.39, 0.29) is 28.5 Å². The van der Waals surface area contributed by atoms with Crippen LogP contribution in [0.25, 0.3) is 16.7 Å². The van der Waals surface area contributed by atoms with Crippen LogP contribution < -0.4 is 4.74 Å². The predicted molar refractivity (Wildman–Crippen MR) is 138 cm³/mol. The number of likely N-dealkylation sites (tertiary alicyclic amines) is 1. The van der Waals surface area contributed by atoms with Gasteiger partial charge in [0.25, 0.3) is 11.7 Å². The number of ketones is 1. The molecule has 1 saturated heterocycles. The Balaban J connectivity index is 1.56. The lowest BCUT2D eigenvalue weighted by Crippen LogP contribution is -2.32. The number of aromatic nitrogens is 2. The Hall–Kier alpha value is -3.81. The fraction of sp³-hybridized carbons (Fsp3) is 0.148. The van der Waals surface area contributed by atoms with Gasteiger partial charge in [-0.1, -0.05) is 29.3 Å². The lowest BCUT2D eigenvalue weighted by Gasteiger charge is -2.24. The Bertz CT molecular complexity index is 1510. The highest BCUT2D eigenvalue weighted by atomic mass is 35.5. The number of fused-ring (bicyclic) bond motifs is 1. The van der Waals surface area contributed by atoms with Crippen molar-refractivity contribution in [3.05, 3.63) is 99.4 Å². The van der Waals surface area contributed by atoms with Gasteiger partial charge in [-0.15, -0.1) is 0 Å². The van der Waals surface area contributed by atoms with Gasteiger partial charge >= 0.3 is 0 Å². The quantitative estimate of drug-likeness (QED) is 0.197. The van der Waals surface area contributed by atoms with Gasteiger partial charge in [-0.2, -0.15) is 0 Å². The molecule has 0 bridgehead atoms. The van der Waals surface area contributed by atoms with Crippen LogP contribution in [-0.4, -0.2) is 45.3 Å². The van der Waals surface area contributed by atoms with Crippen molar-refractivity contribution < 1.29 is 19.4 Å². The number of hydrogen-bond acceptors (Lipinski definition) is 5. The molecule has 0 radical (unpaired) electrons. The highest BCUT2D eigenvalue weighted by Crippen LogP contribution is 2.40. The van der Waals surface area contributed by atoms with Crippen molar-refractivity contribution in [3.8, 4) is 5.75 Å². The maximum atomic E-state index is 13.2. The molecule has 2 aromatic carbocycles. The number of aliphatic hydroxyl groups is 1. The summed E-state index contributed by atoms with van der Waals surface area (Å²) in [5.74, 6) is -1.16. The molecule has 0 unspecified atom stereocenters. The molecule has 1 aliphatic rings. The number of nitrogens with zero attached hydrogens (tertiary/aromatic N) is 2. The van der Waals surface area contributed by atoms with E-state index in [0.29, 0.717) is 17.1 Å². The molecule has 1 atom stereocenters. The summed E-state index contributed by atoms with van der Waals surface area (Å²) >= 11 is 12.3. The lowest BCUT2D eigenvalue weighted by molar-refractivity contribution is -0.139. The molecule has 3 heterocycles. The van der Waals surface area contributed by atoms with Crippen LogP contribution >= 0.6 is 23.2 Å². The largest absolute Gasteiger partial charge is 0.507 e. The maximum absolute atomic E-state index is 13.2. The van der Waals surface area contributed by atoms with E-state index in [1.165, 1.54) is 17.0 Å². The average molecular weight is 522 g/mol. The fourth-order valence-electron chi connectivity index (χ4n) is 4.51. The van der Waals surface area contributed by atoms with Crippen LogP contribution in [0, 0.1) is 0 Å². The fourth-order valence-corrected chi connectivity index (χ4v) is 5.01. The van der Waals surface area contributed by atoms with Crippen molar-refractivity contribution in [2.24, 2.45) is 0 Å². The number of halogens is 2. The van der Waals surface area contributed by atoms with Gasteiger partial charge in [-0.25, -0.2) is 0 Å². The Morgan fingerprint density at radius 1 is 1.14 bits per heavy atom. The van der Waals surface area contributed by atoms with Crippen molar-refractivity contribution in [2.75, 3.05) is 13.7 Å². The number of nitrogens with one attached hydrogen (secondary N) is 1. The molecule has 182 valence electrons. The second-order valence-corrected chi connectivity index (χ2v) is 9.19. The Kier molecular flexibility index (Phi) is 6.43. The van der Waals surface area contributed by atoms with E-state index in [1.54, 1.807) is 37.6 Å². The van der Waals surface area contributed by atoms with E-state index >= 15 is 0 Å². The van der Waals surface area contributed by atoms with E-state index in [0.717, 1.165) is 22.2 Å². The Morgan fingerprint density at radius 2 is 1.97 bits per heavy atom. The molecule has 5 rings (SSSR count). The lowest BCUT2D eigenvalue weighted by atomic mass is 9.98. The molecule has 2 N–H and O–H groups in total. The second kappa shape index (κ2) is 9.68. The summed E-state index contributed by atoms with van der Waals surface area (Å²) in [6, 6.07) is 14.6.